The second-order valence-corrected chi connectivity index (χ2v) is 4.72. The molecular weight excluding hydrogens is 220 g/mol. The lowest BCUT2D eigenvalue weighted by molar-refractivity contribution is 0.385. The van der Waals surface area contributed by atoms with Gasteiger partial charge in [-0.25, -0.2) is 8.78 Å². The Morgan fingerprint density at radius 1 is 1.12 bits per heavy atom. The van der Waals surface area contributed by atoms with E-state index in [1.54, 1.807) is 0 Å². The molecule has 0 aromatic heterocycles. The van der Waals surface area contributed by atoms with E-state index in [1.165, 1.54) is 12.1 Å². The van der Waals surface area contributed by atoms with E-state index in [1.807, 2.05) is 0 Å². The Morgan fingerprint density at radius 3 is 2.18 bits per heavy atom. The molecule has 1 aromatic rings. The Morgan fingerprint density at radius 2 is 1.71 bits per heavy atom. The molecule has 0 saturated carbocycles. The van der Waals surface area contributed by atoms with E-state index in [2.05, 4.69) is 26.1 Å². The molecule has 0 fully saturated rings. The van der Waals surface area contributed by atoms with Crippen LogP contribution in [0.25, 0.3) is 0 Å². The van der Waals surface area contributed by atoms with Gasteiger partial charge in [0.05, 0.1) is 0 Å². The highest BCUT2D eigenvalue weighted by molar-refractivity contribution is 5.18. The van der Waals surface area contributed by atoms with Gasteiger partial charge in [-0.1, -0.05) is 20.8 Å². The largest absolute Gasteiger partial charge is 0.314 e. The Hall–Kier alpha value is -0.960. The second-order valence-electron chi connectivity index (χ2n) is 4.72. The van der Waals surface area contributed by atoms with Crippen LogP contribution in [0.1, 0.15) is 32.8 Å². The number of aryl methyl sites for hydroxylation is 1. The number of hydrogen-bond acceptors (Lipinski definition) is 1. The van der Waals surface area contributed by atoms with Gasteiger partial charge < -0.3 is 5.32 Å². The first-order valence-electron chi connectivity index (χ1n) is 6.21. The standard InChI is InChI=1S/C14H21F2N/c1-4-17-14(10(2)3)6-5-11-7-12(15)9-13(16)8-11/h7-10,14,17H,4-6H2,1-3H3. The Kier molecular flexibility index (Phi) is 5.56. The summed E-state index contributed by atoms with van der Waals surface area (Å²) < 4.78 is 26.0. The van der Waals surface area contributed by atoms with Gasteiger partial charge in [0, 0.05) is 12.1 Å². The van der Waals surface area contributed by atoms with Crippen LogP contribution in [0.3, 0.4) is 0 Å². The van der Waals surface area contributed by atoms with Crippen molar-refractivity contribution in [2.45, 2.75) is 39.7 Å². The van der Waals surface area contributed by atoms with Crippen molar-refractivity contribution in [3.8, 4) is 0 Å². The van der Waals surface area contributed by atoms with Crippen molar-refractivity contribution in [1.29, 1.82) is 0 Å². The summed E-state index contributed by atoms with van der Waals surface area (Å²) in [5.74, 6) is -0.470. The molecule has 96 valence electrons. The van der Waals surface area contributed by atoms with Gasteiger partial charge >= 0.3 is 0 Å². The van der Waals surface area contributed by atoms with Crippen molar-refractivity contribution in [2.24, 2.45) is 5.92 Å². The normalized spacial score (nSPS) is 13.1. The third-order valence-corrected chi connectivity index (χ3v) is 2.94. The van der Waals surface area contributed by atoms with Crippen LogP contribution >= 0.6 is 0 Å². The molecule has 0 saturated heterocycles. The fourth-order valence-electron chi connectivity index (χ4n) is 2.01. The van der Waals surface area contributed by atoms with Crippen LogP contribution in [0.5, 0.6) is 0 Å². The maximum absolute atomic E-state index is 13.0. The average Bonchev–Trinajstić information content (AvgIpc) is 2.22. The van der Waals surface area contributed by atoms with Gasteiger partial charge in [-0.05, 0) is 43.0 Å². The van der Waals surface area contributed by atoms with Gasteiger partial charge in [0.15, 0.2) is 0 Å². The first-order chi connectivity index (χ1) is 8.02. The lowest BCUT2D eigenvalue weighted by Crippen LogP contribution is -2.34. The molecule has 0 heterocycles. The topological polar surface area (TPSA) is 12.0 Å². The molecule has 0 radical (unpaired) electrons. The summed E-state index contributed by atoms with van der Waals surface area (Å²) in [6.45, 7) is 7.29. The van der Waals surface area contributed by atoms with Gasteiger partial charge in [0.2, 0.25) is 0 Å². The Labute approximate surface area is 102 Å². The van der Waals surface area contributed by atoms with Crippen LogP contribution in [-0.2, 0) is 6.42 Å². The SMILES string of the molecule is CCNC(CCc1cc(F)cc(F)c1)C(C)C. The van der Waals surface area contributed by atoms with Crippen LogP contribution in [0.15, 0.2) is 18.2 Å². The van der Waals surface area contributed by atoms with E-state index in [0.717, 1.165) is 24.6 Å². The minimum Gasteiger partial charge on any atom is -0.314 e. The highest BCUT2D eigenvalue weighted by Gasteiger charge is 2.12. The van der Waals surface area contributed by atoms with Crippen LogP contribution in [0.2, 0.25) is 0 Å². The van der Waals surface area contributed by atoms with Crippen molar-refractivity contribution in [1.82, 2.24) is 5.32 Å². The zero-order valence-electron chi connectivity index (χ0n) is 10.8. The van der Waals surface area contributed by atoms with E-state index in [4.69, 9.17) is 0 Å². The molecule has 0 amide bonds. The molecule has 3 heteroatoms. The number of rotatable bonds is 6. The van der Waals surface area contributed by atoms with Gasteiger partial charge in [0.1, 0.15) is 11.6 Å². The molecule has 1 atom stereocenters. The molecule has 1 unspecified atom stereocenters. The number of nitrogens with one attached hydrogen (secondary N) is 1. The van der Waals surface area contributed by atoms with Crippen LogP contribution in [0.4, 0.5) is 8.78 Å². The first-order valence-corrected chi connectivity index (χ1v) is 6.21. The smallest absolute Gasteiger partial charge is 0.126 e. The number of benzene rings is 1. The summed E-state index contributed by atoms with van der Waals surface area (Å²) in [5, 5.41) is 3.39. The van der Waals surface area contributed by atoms with E-state index in [0.29, 0.717) is 18.4 Å². The molecule has 1 rings (SSSR count). The third-order valence-electron chi connectivity index (χ3n) is 2.94. The number of halogens is 2. The molecular formula is C14H21F2N. The predicted molar refractivity (Wildman–Crippen MR) is 67.0 cm³/mol. The molecule has 0 aliphatic rings. The minimum atomic E-state index is -0.496. The monoisotopic (exact) mass is 241 g/mol. The molecule has 1 aromatic carbocycles. The van der Waals surface area contributed by atoms with Gasteiger partial charge in [-0.15, -0.1) is 0 Å². The Bertz CT molecular complexity index is 330. The first kappa shape index (κ1) is 14.1. The molecule has 1 N–H and O–H groups in total. The summed E-state index contributed by atoms with van der Waals surface area (Å²) in [4.78, 5) is 0. The molecule has 0 spiro atoms. The molecule has 0 bridgehead atoms. The third kappa shape index (κ3) is 4.82. The summed E-state index contributed by atoms with van der Waals surface area (Å²) >= 11 is 0. The highest BCUT2D eigenvalue weighted by atomic mass is 19.1. The average molecular weight is 241 g/mol. The second kappa shape index (κ2) is 6.70. The molecule has 1 nitrogen and oxygen atoms in total. The Balaban J connectivity index is 2.58. The fourth-order valence-corrected chi connectivity index (χ4v) is 2.01. The fraction of sp³-hybridized carbons (Fsp3) is 0.571. The van der Waals surface area contributed by atoms with Gasteiger partial charge in [-0.3, -0.25) is 0 Å². The summed E-state index contributed by atoms with van der Waals surface area (Å²) in [6, 6.07) is 4.12. The maximum atomic E-state index is 13.0. The molecule has 0 aliphatic heterocycles. The lowest BCUT2D eigenvalue weighted by atomic mass is 9.96. The van der Waals surface area contributed by atoms with Crippen molar-refractivity contribution in [3.05, 3.63) is 35.4 Å². The quantitative estimate of drug-likeness (QED) is 0.803. The van der Waals surface area contributed by atoms with E-state index < -0.39 is 11.6 Å². The van der Waals surface area contributed by atoms with Gasteiger partial charge in [0.25, 0.3) is 0 Å². The predicted octanol–water partition coefficient (Wildman–Crippen LogP) is 3.53. The van der Waals surface area contributed by atoms with Crippen LogP contribution in [-0.4, -0.2) is 12.6 Å². The zero-order chi connectivity index (χ0) is 12.8. The van der Waals surface area contributed by atoms with E-state index >= 15 is 0 Å². The van der Waals surface area contributed by atoms with Gasteiger partial charge in [-0.2, -0.15) is 0 Å². The summed E-state index contributed by atoms with van der Waals surface area (Å²) in [7, 11) is 0. The number of hydrogen-bond donors (Lipinski definition) is 1. The molecule has 17 heavy (non-hydrogen) atoms. The van der Waals surface area contributed by atoms with Crippen LogP contribution < -0.4 is 5.32 Å². The maximum Gasteiger partial charge on any atom is 0.126 e. The minimum absolute atomic E-state index is 0.395. The van der Waals surface area contributed by atoms with E-state index in [9.17, 15) is 8.78 Å². The summed E-state index contributed by atoms with van der Waals surface area (Å²) in [6.07, 6.45) is 1.60. The van der Waals surface area contributed by atoms with E-state index in [-0.39, 0.29) is 0 Å². The van der Waals surface area contributed by atoms with Crippen molar-refractivity contribution in [3.63, 3.8) is 0 Å². The van der Waals surface area contributed by atoms with Crippen LogP contribution in [0, 0.1) is 17.6 Å². The van der Waals surface area contributed by atoms with Crippen molar-refractivity contribution in [2.75, 3.05) is 6.54 Å². The molecule has 0 aliphatic carbocycles. The summed E-state index contributed by atoms with van der Waals surface area (Å²) in [5.41, 5.74) is 0.728. The van der Waals surface area contributed by atoms with Crippen molar-refractivity contribution >= 4 is 0 Å². The zero-order valence-corrected chi connectivity index (χ0v) is 10.8. The lowest BCUT2D eigenvalue weighted by Gasteiger charge is -2.21. The highest BCUT2D eigenvalue weighted by Crippen LogP contribution is 2.14. The van der Waals surface area contributed by atoms with Crippen molar-refractivity contribution < 1.29 is 8.78 Å².